The standard InChI is InChI=1S/C18H27F3N4O.HI/c1-6-22-16(23-11-15(26)24-17(2,3)4)25(5)12-13-7-9-14(10-8-13)18(19,20)21;/h7-10H,6,11-12H2,1-5H3,(H,22,23)(H,24,26);1H. The highest BCUT2D eigenvalue weighted by Crippen LogP contribution is 2.29. The van der Waals surface area contributed by atoms with Crippen LogP contribution in [-0.4, -0.2) is 42.4 Å². The molecule has 0 bridgehead atoms. The topological polar surface area (TPSA) is 56.7 Å². The molecule has 0 aromatic heterocycles. The minimum atomic E-state index is -4.35. The highest BCUT2D eigenvalue weighted by molar-refractivity contribution is 14.0. The van der Waals surface area contributed by atoms with Crippen molar-refractivity contribution in [1.29, 1.82) is 0 Å². The van der Waals surface area contributed by atoms with Gasteiger partial charge in [-0.25, -0.2) is 4.99 Å². The third-order valence-corrected chi connectivity index (χ3v) is 3.28. The number of hydrogen-bond acceptors (Lipinski definition) is 2. The molecule has 0 spiro atoms. The molecule has 0 unspecified atom stereocenters. The smallest absolute Gasteiger partial charge is 0.357 e. The van der Waals surface area contributed by atoms with E-state index in [9.17, 15) is 18.0 Å². The summed E-state index contributed by atoms with van der Waals surface area (Å²) in [5.41, 5.74) is -0.301. The van der Waals surface area contributed by atoms with Crippen molar-refractivity contribution in [3.05, 3.63) is 35.4 Å². The molecule has 1 aromatic rings. The molecule has 0 heterocycles. The second-order valence-corrected chi connectivity index (χ2v) is 7.02. The summed E-state index contributed by atoms with van der Waals surface area (Å²) >= 11 is 0. The molecule has 5 nitrogen and oxygen atoms in total. The Morgan fingerprint density at radius 1 is 1.15 bits per heavy atom. The molecule has 2 N–H and O–H groups in total. The Hall–Kier alpha value is -1.52. The van der Waals surface area contributed by atoms with Gasteiger partial charge < -0.3 is 15.5 Å². The highest BCUT2D eigenvalue weighted by atomic mass is 127. The van der Waals surface area contributed by atoms with Crippen LogP contribution in [0.25, 0.3) is 0 Å². The van der Waals surface area contributed by atoms with Crippen molar-refractivity contribution >= 4 is 35.8 Å². The number of hydrogen-bond donors (Lipinski definition) is 2. The van der Waals surface area contributed by atoms with Gasteiger partial charge in [0.15, 0.2) is 5.96 Å². The average Bonchev–Trinajstić information content (AvgIpc) is 2.49. The van der Waals surface area contributed by atoms with E-state index in [4.69, 9.17) is 0 Å². The molecule has 0 aliphatic heterocycles. The van der Waals surface area contributed by atoms with Crippen LogP contribution >= 0.6 is 24.0 Å². The number of carbonyl (C=O) groups excluding carboxylic acids is 1. The SMILES string of the molecule is CCNC(=NCC(=O)NC(C)(C)C)N(C)Cc1ccc(C(F)(F)F)cc1.I. The maximum absolute atomic E-state index is 12.6. The number of amides is 1. The van der Waals surface area contributed by atoms with Gasteiger partial charge in [0.1, 0.15) is 6.54 Å². The van der Waals surface area contributed by atoms with Gasteiger partial charge in [0, 0.05) is 25.7 Å². The van der Waals surface area contributed by atoms with Gasteiger partial charge in [0.2, 0.25) is 5.91 Å². The van der Waals surface area contributed by atoms with Crippen LogP contribution in [-0.2, 0) is 17.5 Å². The van der Waals surface area contributed by atoms with Gasteiger partial charge >= 0.3 is 6.18 Å². The molecule has 0 radical (unpaired) electrons. The molecule has 0 fully saturated rings. The first-order valence-electron chi connectivity index (χ1n) is 8.39. The molecule has 0 aliphatic carbocycles. The Balaban J connectivity index is 0.00000676. The number of halogens is 4. The molecular formula is C18H28F3IN4O. The summed E-state index contributed by atoms with van der Waals surface area (Å²) in [6.45, 7) is 8.50. The molecular weight excluding hydrogens is 472 g/mol. The molecule has 0 aliphatic rings. The lowest BCUT2D eigenvalue weighted by atomic mass is 10.1. The van der Waals surface area contributed by atoms with Gasteiger partial charge in [0.05, 0.1) is 5.56 Å². The van der Waals surface area contributed by atoms with E-state index in [1.807, 2.05) is 27.7 Å². The number of carbonyl (C=O) groups is 1. The second-order valence-electron chi connectivity index (χ2n) is 7.02. The Morgan fingerprint density at radius 2 is 1.70 bits per heavy atom. The Morgan fingerprint density at radius 3 is 2.15 bits per heavy atom. The first kappa shape index (κ1) is 25.5. The zero-order valence-corrected chi connectivity index (χ0v) is 18.6. The number of guanidine groups is 1. The van der Waals surface area contributed by atoms with Crippen molar-refractivity contribution in [2.75, 3.05) is 20.1 Å². The van der Waals surface area contributed by atoms with Crippen LogP contribution in [0.15, 0.2) is 29.3 Å². The van der Waals surface area contributed by atoms with Gasteiger partial charge in [-0.2, -0.15) is 13.2 Å². The van der Waals surface area contributed by atoms with Gasteiger partial charge in [-0.1, -0.05) is 12.1 Å². The normalized spacial score (nSPS) is 12.2. The van der Waals surface area contributed by atoms with Crippen LogP contribution in [0.3, 0.4) is 0 Å². The third kappa shape index (κ3) is 9.83. The lowest BCUT2D eigenvalue weighted by molar-refractivity contribution is -0.137. The van der Waals surface area contributed by atoms with Crippen LogP contribution < -0.4 is 10.6 Å². The number of aliphatic imine (C=N–C) groups is 1. The Kier molecular flexibility index (Phi) is 10.1. The second kappa shape index (κ2) is 10.7. The lowest BCUT2D eigenvalue weighted by Gasteiger charge is -2.23. The summed E-state index contributed by atoms with van der Waals surface area (Å²) in [7, 11) is 1.76. The van der Waals surface area contributed by atoms with Crippen molar-refractivity contribution in [1.82, 2.24) is 15.5 Å². The molecule has 0 saturated carbocycles. The lowest BCUT2D eigenvalue weighted by Crippen LogP contribution is -2.43. The summed E-state index contributed by atoms with van der Waals surface area (Å²) in [5, 5.41) is 5.90. The van der Waals surface area contributed by atoms with Crippen LogP contribution in [0, 0.1) is 0 Å². The minimum absolute atomic E-state index is 0. The van der Waals surface area contributed by atoms with E-state index in [2.05, 4.69) is 15.6 Å². The van der Waals surface area contributed by atoms with Crippen molar-refractivity contribution < 1.29 is 18.0 Å². The number of benzene rings is 1. The van der Waals surface area contributed by atoms with E-state index in [1.165, 1.54) is 12.1 Å². The number of rotatable bonds is 5. The Bertz CT molecular complexity index is 625. The molecule has 0 saturated heterocycles. The van der Waals surface area contributed by atoms with E-state index in [0.29, 0.717) is 24.6 Å². The fraction of sp³-hybridized carbons (Fsp3) is 0.556. The van der Waals surface area contributed by atoms with Crippen LogP contribution in [0.1, 0.15) is 38.8 Å². The zero-order chi connectivity index (χ0) is 20.0. The number of nitrogens with one attached hydrogen (secondary N) is 2. The molecule has 154 valence electrons. The fourth-order valence-electron chi connectivity index (χ4n) is 2.22. The summed E-state index contributed by atoms with van der Waals surface area (Å²) in [5.74, 6) is 0.312. The molecule has 1 aromatic carbocycles. The molecule has 9 heteroatoms. The summed E-state index contributed by atoms with van der Waals surface area (Å²) in [6, 6.07) is 5.00. The van der Waals surface area contributed by atoms with Crippen molar-refractivity contribution in [2.45, 2.75) is 46.0 Å². The predicted molar refractivity (Wildman–Crippen MR) is 112 cm³/mol. The summed E-state index contributed by atoms with van der Waals surface area (Å²) in [6.07, 6.45) is -4.35. The zero-order valence-electron chi connectivity index (χ0n) is 16.3. The van der Waals surface area contributed by atoms with Gasteiger partial charge in [-0.15, -0.1) is 24.0 Å². The monoisotopic (exact) mass is 500 g/mol. The van der Waals surface area contributed by atoms with Crippen molar-refractivity contribution in [3.8, 4) is 0 Å². The van der Waals surface area contributed by atoms with E-state index in [1.54, 1.807) is 11.9 Å². The van der Waals surface area contributed by atoms with Crippen molar-refractivity contribution in [2.24, 2.45) is 4.99 Å². The fourth-order valence-corrected chi connectivity index (χ4v) is 2.22. The minimum Gasteiger partial charge on any atom is -0.357 e. The van der Waals surface area contributed by atoms with Crippen LogP contribution in [0.4, 0.5) is 13.2 Å². The van der Waals surface area contributed by atoms with E-state index >= 15 is 0 Å². The van der Waals surface area contributed by atoms with Gasteiger partial charge in [0.25, 0.3) is 0 Å². The third-order valence-electron chi connectivity index (χ3n) is 3.28. The maximum Gasteiger partial charge on any atom is 0.416 e. The van der Waals surface area contributed by atoms with E-state index in [0.717, 1.165) is 12.1 Å². The van der Waals surface area contributed by atoms with Crippen LogP contribution in [0.2, 0.25) is 0 Å². The summed E-state index contributed by atoms with van der Waals surface area (Å²) < 4.78 is 37.9. The quantitative estimate of drug-likeness (QED) is 0.369. The first-order chi connectivity index (χ1) is 11.9. The predicted octanol–water partition coefficient (Wildman–Crippen LogP) is 3.64. The van der Waals surface area contributed by atoms with E-state index < -0.39 is 11.7 Å². The first-order valence-corrected chi connectivity index (χ1v) is 8.39. The molecule has 1 amide bonds. The average molecular weight is 500 g/mol. The largest absolute Gasteiger partial charge is 0.416 e. The highest BCUT2D eigenvalue weighted by Gasteiger charge is 2.29. The molecule has 1 rings (SSSR count). The summed E-state index contributed by atoms with van der Waals surface area (Å²) in [4.78, 5) is 18.0. The van der Waals surface area contributed by atoms with Gasteiger partial charge in [-0.3, -0.25) is 4.79 Å². The molecule has 27 heavy (non-hydrogen) atoms. The number of nitrogens with zero attached hydrogens (tertiary/aromatic N) is 2. The van der Waals surface area contributed by atoms with Gasteiger partial charge in [-0.05, 0) is 45.4 Å². The van der Waals surface area contributed by atoms with E-state index in [-0.39, 0.29) is 42.0 Å². The maximum atomic E-state index is 12.6. The Labute approximate surface area is 175 Å². The molecule has 0 atom stereocenters. The van der Waals surface area contributed by atoms with Crippen molar-refractivity contribution in [3.63, 3.8) is 0 Å². The van der Waals surface area contributed by atoms with Crippen LogP contribution in [0.5, 0.6) is 0 Å². The number of alkyl halides is 3.